The summed E-state index contributed by atoms with van der Waals surface area (Å²) in [6.45, 7) is 8.99. The van der Waals surface area contributed by atoms with E-state index >= 15 is 0 Å². The topological polar surface area (TPSA) is 112 Å². The number of fused-ring (bicyclic) bond motifs is 1. The summed E-state index contributed by atoms with van der Waals surface area (Å²) in [5, 5.41) is 17.1. The number of piperidine rings is 1. The molecule has 10 nitrogen and oxygen atoms in total. The van der Waals surface area contributed by atoms with E-state index < -0.39 is 0 Å². The number of nitrogens with one attached hydrogen (secondary N) is 2. The third kappa shape index (κ3) is 5.73. The molecule has 0 spiro atoms. The lowest BCUT2D eigenvalue weighted by molar-refractivity contribution is 0.116. The van der Waals surface area contributed by atoms with Crippen LogP contribution in [0.4, 0.5) is 17.6 Å². The number of rotatable bonds is 8. The SMILES string of the molecule is COC(C)c1cc2cnc(Nc3ccc(CN4CCNCC4)cn3)nc2c(N2CCC(CO)CC2)n1. The molecule has 0 radical (unpaired) electrons. The predicted molar refractivity (Wildman–Crippen MR) is 140 cm³/mol. The average molecular weight is 493 g/mol. The molecule has 2 aliphatic heterocycles. The van der Waals surface area contributed by atoms with Gasteiger partial charge in [-0.2, -0.15) is 0 Å². The molecular weight excluding hydrogens is 456 g/mol. The Balaban J connectivity index is 1.37. The highest BCUT2D eigenvalue weighted by molar-refractivity contribution is 5.89. The summed E-state index contributed by atoms with van der Waals surface area (Å²) < 4.78 is 5.54. The minimum absolute atomic E-state index is 0.134. The van der Waals surface area contributed by atoms with E-state index in [1.807, 2.05) is 31.5 Å². The Morgan fingerprint density at radius 2 is 1.92 bits per heavy atom. The maximum Gasteiger partial charge on any atom is 0.229 e. The molecule has 0 bridgehead atoms. The number of aliphatic hydroxyl groups excluding tert-OH is 1. The van der Waals surface area contributed by atoms with Gasteiger partial charge in [0.1, 0.15) is 11.3 Å². The fraction of sp³-hybridized carbons (Fsp3) is 0.538. The minimum Gasteiger partial charge on any atom is -0.396 e. The summed E-state index contributed by atoms with van der Waals surface area (Å²) in [7, 11) is 1.69. The van der Waals surface area contributed by atoms with Gasteiger partial charge in [0.25, 0.3) is 0 Å². The van der Waals surface area contributed by atoms with Gasteiger partial charge in [-0.1, -0.05) is 6.07 Å². The zero-order valence-corrected chi connectivity index (χ0v) is 21.2. The Labute approximate surface area is 212 Å². The molecule has 1 atom stereocenters. The highest BCUT2D eigenvalue weighted by atomic mass is 16.5. The van der Waals surface area contributed by atoms with Gasteiger partial charge in [0, 0.05) is 77.3 Å². The molecule has 0 aromatic carbocycles. The molecule has 2 aliphatic rings. The van der Waals surface area contributed by atoms with Gasteiger partial charge in [-0.05, 0) is 43.4 Å². The Morgan fingerprint density at radius 1 is 1.11 bits per heavy atom. The molecule has 2 saturated heterocycles. The number of piperazine rings is 1. The van der Waals surface area contributed by atoms with Crippen LogP contribution in [0.3, 0.4) is 0 Å². The summed E-state index contributed by atoms with van der Waals surface area (Å²) in [5.41, 5.74) is 2.85. The van der Waals surface area contributed by atoms with Crippen LogP contribution in [-0.4, -0.2) is 82.9 Å². The molecule has 2 fully saturated rings. The minimum atomic E-state index is -0.134. The van der Waals surface area contributed by atoms with Crippen LogP contribution in [0.5, 0.6) is 0 Å². The molecule has 3 N–H and O–H groups in total. The molecule has 10 heteroatoms. The van der Waals surface area contributed by atoms with Crippen molar-refractivity contribution in [1.82, 2.24) is 30.2 Å². The lowest BCUT2D eigenvalue weighted by atomic mass is 9.98. The fourth-order valence-corrected chi connectivity index (χ4v) is 4.81. The fourth-order valence-electron chi connectivity index (χ4n) is 4.81. The van der Waals surface area contributed by atoms with Crippen LogP contribution >= 0.6 is 0 Å². The second-order valence-electron chi connectivity index (χ2n) is 9.70. The normalized spacial score (nSPS) is 18.5. The highest BCUT2D eigenvalue weighted by Gasteiger charge is 2.23. The summed E-state index contributed by atoms with van der Waals surface area (Å²) in [4.78, 5) is 23.7. The molecule has 5 rings (SSSR count). The van der Waals surface area contributed by atoms with Gasteiger partial charge in [-0.3, -0.25) is 4.90 Å². The number of methoxy groups -OCH3 is 1. The number of aliphatic hydroxyl groups is 1. The van der Waals surface area contributed by atoms with Crippen LogP contribution in [0.15, 0.2) is 30.6 Å². The van der Waals surface area contributed by atoms with Crippen LogP contribution in [0.2, 0.25) is 0 Å². The summed E-state index contributed by atoms with van der Waals surface area (Å²) >= 11 is 0. The van der Waals surface area contributed by atoms with Gasteiger partial charge in [-0.15, -0.1) is 0 Å². The number of anilines is 3. The van der Waals surface area contributed by atoms with Crippen molar-refractivity contribution in [2.45, 2.75) is 32.4 Å². The molecule has 0 saturated carbocycles. The maximum absolute atomic E-state index is 9.55. The Kier molecular flexibility index (Phi) is 7.86. The molecule has 192 valence electrons. The second kappa shape index (κ2) is 11.4. The molecule has 1 unspecified atom stereocenters. The van der Waals surface area contributed by atoms with Crippen LogP contribution < -0.4 is 15.5 Å². The number of aromatic nitrogens is 4. The first kappa shape index (κ1) is 24.8. The van der Waals surface area contributed by atoms with E-state index in [9.17, 15) is 5.11 Å². The summed E-state index contributed by atoms with van der Waals surface area (Å²) in [5.74, 6) is 2.39. The first-order chi connectivity index (χ1) is 17.6. The number of nitrogens with zero attached hydrogens (tertiary/aromatic N) is 6. The van der Waals surface area contributed by atoms with E-state index in [1.165, 1.54) is 5.56 Å². The van der Waals surface area contributed by atoms with Gasteiger partial charge in [0.15, 0.2) is 5.82 Å². The summed E-state index contributed by atoms with van der Waals surface area (Å²) in [6, 6.07) is 6.09. The number of hydrogen-bond acceptors (Lipinski definition) is 10. The third-order valence-electron chi connectivity index (χ3n) is 7.19. The van der Waals surface area contributed by atoms with Crippen molar-refractivity contribution >= 4 is 28.5 Å². The number of pyridine rings is 2. The van der Waals surface area contributed by atoms with Gasteiger partial charge in [0.2, 0.25) is 5.95 Å². The molecule has 36 heavy (non-hydrogen) atoms. The summed E-state index contributed by atoms with van der Waals surface area (Å²) in [6.07, 6.45) is 5.49. The van der Waals surface area contributed by atoms with Crippen LogP contribution in [0.25, 0.3) is 10.9 Å². The van der Waals surface area contributed by atoms with E-state index in [0.717, 1.165) is 81.1 Å². The molecule has 0 aliphatic carbocycles. The highest BCUT2D eigenvalue weighted by Crippen LogP contribution is 2.31. The smallest absolute Gasteiger partial charge is 0.229 e. The zero-order valence-electron chi connectivity index (χ0n) is 21.2. The van der Waals surface area contributed by atoms with Crippen molar-refractivity contribution in [3.05, 3.63) is 41.9 Å². The molecule has 3 aromatic heterocycles. The Morgan fingerprint density at radius 3 is 2.61 bits per heavy atom. The number of ether oxygens (including phenoxy) is 1. The Bertz CT molecular complexity index is 1140. The van der Waals surface area contributed by atoms with Gasteiger partial charge < -0.3 is 25.4 Å². The van der Waals surface area contributed by atoms with Crippen molar-refractivity contribution in [3.63, 3.8) is 0 Å². The zero-order chi connectivity index (χ0) is 24.9. The first-order valence-corrected chi connectivity index (χ1v) is 12.8. The first-order valence-electron chi connectivity index (χ1n) is 12.8. The third-order valence-corrected chi connectivity index (χ3v) is 7.19. The predicted octanol–water partition coefficient (Wildman–Crippen LogP) is 2.48. The maximum atomic E-state index is 9.55. The van der Waals surface area contributed by atoms with Crippen LogP contribution in [0, 0.1) is 5.92 Å². The average Bonchev–Trinajstić information content (AvgIpc) is 2.93. The largest absolute Gasteiger partial charge is 0.396 e. The van der Waals surface area contributed by atoms with Crippen LogP contribution in [0.1, 0.15) is 37.1 Å². The van der Waals surface area contributed by atoms with Crippen molar-refractivity contribution in [1.29, 1.82) is 0 Å². The lowest BCUT2D eigenvalue weighted by Gasteiger charge is -2.32. The van der Waals surface area contributed by atoms with Crippen LogP contribution in [-0.2, 0) is 11.3 Å². The number of hydrogen-bond donors (Lipinski definition) is 3. The van der Waals surface area contributed by atoms with Crippen molar-refractivity contribution in [3.8, 4) is 0 Å². The molecule has 5 heterocycles. The van der Waals surface area contributed by atoms with E-state index in [0.29, 0.717) is 17.7 Å². The standard InChI is InChI=1S/C26H36N8O2/c1-18(36-2)22-13-21-15-29-26(32-24(21)25(30-22)34-9-5-19(17-35)6-10-34)31-23-4-3-20(14-28-23)16-33-11-7-27-8-12-33/h3-4,13-15,18-19,27,35H,5-12,16-17H2,1-2H3,(H,28,29,31,32). The van der Waals surface area contributed by atoms with Gasteiger partial charge in [0.05, 0.1) is 11.8 Å². The van der Waals surface area contributed by atoms with E-state index in [-0.39, 0.29) is 12.7 Å². The van der Waals surface area contributed by atoms with E-state index in [2.05, 4.69) is 36.5 Å². The molecular formula is C26H36N8O2. The lowest BCUT2D eigenvalue weighted by Crippen LogP contribution is -2.42. The van der Waals surface area contributed by atoms with E-state index in [4.69, 9.17) is 14.7 Å². The Hall–Kier alpha value is -2.92. The molecule has 3 aromatic rings. The van der Waals surface area contributed by atoms with Crippen molar-refractivity contribution in [2.75, 3.05) is 63.2 Å². The van der Waals surface area contributed by atoms with Gasteiger partial charge >= 0.3 is 0 Å². The monoisotopic (exact) mass is 492 g/mol. The van der Waals surface area contributed by atoms with E-state index in [1.54, 1.807) is 7.11 Å². The van der Waals surface area contributed by atoms with Crippen molar-refractivity contribution in [2.24, 2.45) is 5.92 Å². The second-order valence-corrected chi connectivity index (χ2v) is 9.70. The van der Waals surface area contributed by atoms with Crippen molar-refractivity contribution < 1.29 is 9.84 Å². The van der Waals surface area contributed by atoms with Gasteiger partial charge in [-0.25, -0.2) is 19.9 Å². The molecule has 0 amide bonds. The quantitative estimate of drug-likeness (QED) is 0.434.